The van der Waals surface area contributed by atoms with Gasteiger partial charge in [0, 0.05) is 15.6 Å². The molecule has 0 radical (unpaired) electrons. The molecule has 2 aromatic carbocycles. The summed E-state index contributed by atoms with van der Waals surface area (Å²) in [6, 6.07) is 15.2. The predicted octanol–water partition coefficient (Wildman–Crippen LogP) is 4.26. The molecule has 2 fully saturated rings. The van der Waals surface area contributed by atoms with Crippen molar-refractivity contribution < 1.29 is 19.6 Å². The predicted molar refractivity (Wildman–Crippen MR) is 107 cm³/mol. The van der Waals surface area contributed by atoms with Gasteiger partial charge in [-0.1, -0.05) is 71.2 Å². The summed E-state index contributed by atoms with van der Waals surface area (Å²) < 4.78 is 0.847. The molecule has 0 aromatic heterocycles. The molecule has 6 heteroatoms. The minimum atomic E-state index is -1.04. The highest BCUT2D eigenvalue weighted by molar-refractivity contribution is 9.10. The van der Waals surface area contributed by atoms with Crippen molar-refractivity contribution in [3.8, 4) is 0 Å². The number of rotatable bonds is 4. The Morgan fingerprint density at radius 2 is 1.38 bits per heavy atom. The molecule has 2 N–H and O–H groups in total. The van der Waals surface area contributed by atoms with Gasteiger partial charge in [0.15, 0.2) is 6.29 Å². The van der Waals surface area contributed by atoms with E-state index in [0.29, 0.717) is 11.5 Å². The lowest BCUT2D eigenvalue weighted by Gasteiger charge is -1.99. The van der Waals surface area contributed by atoms with E-state index in [0.717, 1.165) is 35.5 Å². The van der Waals surface area contributed by atoms with E-state index in [-0.39, 0.29) is 5.82 Å². The Bertz CT molecular complexity index is 727. The van der Waals surface area contributed by atoms with Gasteiger partial charge in [-0.3, -0.25) is 9.59 Å². The zero-order chi connectivity index (χ0) is 18.9. The number of aldehydes is 2. The normalized spacial score (nSPS) is 14.9. The zero-order valence-electron chi connectivity index (χ0n) is 14.4. The number of benzene rings is 2. The molecule has 0 aliphatic heterocycles. The lowest BCUT2D eigenvalue weighted by molar-refractivity contribution is 0.111. The van der Waals surface area contributed by atoms with Gasteiger partial charge in [0.25, 0.3) is 0 Å². The van der Waals surface area contributed by atoms with Gasteiger partial charge in [-0.2, -0.15) is 0 Å². The van der Waals surface area contributed by atoms with Gasteiger partial charge < -0.3 is 10.0 Å². The quantitative estimate of drug-likeness (QED) is 0.576. The van der Waals surface area contributed by atoms with Crippen molar-refractivity contribution in [2.75, 3.05) is 0 Å². The van der Waals surface area contributed by atoms with Crippen molar-refractivity contribution in [1.82, 2.24) is 0 Å². The molecule has 0 bridgehead atoms. The highest BCUT2D eigenvalue weighted by Gasteiger charge is 2.33. The largest absolute Gasteiger partial charge is 0.454 e. The van der Waals surface area contributed by atoms with Crippen LogP contribution in [0.4, 0.5) is 0 Å². The van der Waals surface area contributed by atoms with Crippen LogP contribution in [0.25, 0.3) is 0 Å². The molecule has 26 heavy (non-hydrogen) atoms. The van der Waals surface area contributed by atoms with Crippen LogP contribution >= 0.6 is 15.9 Å². The molecule has 2 aromatic rings. The smallest absolute Gasteiger partial charge is 0.427 e. The Kier molecular flexibility index (Phi) is 8.23. The minimum Gasteiger partial charge on any atom is -0.427 e. The van der Waals surface area contributed by atoms with E-state index in [2.05, 4.69) is 22.0 Å². The first-order chi connectivity index (χ1) is 12.6. The van der Waals surface area contributed by atoms with E-state index in [9.17, 15) is 9.59 Å². The summed E-state index contributed by atoms with van der Waals surface area (Å²) in [6.45, 7) is 0. The fourth-order valence-electron chi connectivity index (χ4n) is 2.35. The fraction of sp³-hybridized carbons (Fsp3) is 0.300. The minimum absolute atomic E-state index is 0.213. The third kappa shape index (κ3) is 6.86. The van der Waals surface area contributed by atoms with Crippen molar-refractivity contribution in [2.24, 2.45) is 0 Å². The van der Waals surface area contributed by atoms with Crippen LogP contribution in [0.3, 0.4) is 0 Å². The maximum Gasteiger partial charge on any atom is 0.454 e. The lowest BCUT2D eigenvalue weighted by atomic mass is 9.84. The number of carbonyl (C=O) groups excluding carboxylic acids is 2. The van der Waals surface area contributed by atoms with Crippen LogP contribution in [-0.2, 0) is 0 Å². The van der Waals surface area contributed by atoms with E-state index in [1.165, 1.54) is 18.4 Å². The SMILES string of the molecule is O=Cc1ccccc1Br.O=Cc1ccccc1C1CC1.OB(O)C1CC1. The Hall–Kier alpha value is -1.76. The number of halogens is 1. The Morgan fingerprint density at radius 1 is 0.846 bits per heavy atom. The summed E-state index contributed by atoms with van der Waals surface area (Å²) in [7, 11) is -1.04. The summed E-state index contributed by atoms with van der Waals surface area (Å²) >= 11 is 3.23. The van der Waals surface area contributed by atoms with Crippen LogP contribution in [0.2, 0.25) is 5.82 Å². The highest BCUT2D eigenvalue weighted by atomic mass is 79.9. The van der Waals surface area contributed by atoms with Gasteiger partial charge in [-0.05, 0) is 36.2 Å². The van der Waals surface area contributed by atoms with E-state index in [4.69, 9.17) is 10.0 Å². The summed E-state index contributed by atoms with van der Waals surface area (Å²) in [4.78, 5) is 20.8. The fourth-order valence-corrected chi connectivity index (χ4v) is 2.73. The van der Waals surface area contributed by atoms with Crippen molar-refractivity contribution >= 4 is 35.6 Å². The van der Waals surface area contributed by atoms with Crippen LogP contribution in [0.1, 0.15) is 57.9 Å². The van der Waals surface area contributed by atoms with Crippen molar-refractivity contribution in [2.45, 2.75) is 37.4 Å². The monoisotopic (exact) mass is 416 g/mol. The third-order valence-electron chi connectivity index (χ3n) is 4.22. The molecule has 0 spiro atoms. The molecule has 0 unspecified atom stereocenters. The van der Waals surface area contributed by atoms with Crippen LogP contribution in [0, 0.1) is 0 Å². The second-order valence-corrected chi connectivity index (χ2v) is 7.27. The molecule has 0 heterocycles. The topological polar surface area (TPSA) is 74.6 Å². The van der Waals surface area contributed by atoms with Gasteiger partial charge >= 0.3 is 7.12 Å². The highest BCUT2D eigenvalue weighted by Crippen LogP contribution is 2.41. The van der Waals surface area contributed by atoms with Crippen molar-refractivity contribution in [3.05, 3.63) is 69.7 Å². The zero-order valence-corrected chi connectivity index (χ0v) is 16.0. The number of carbonyl (C=O) groups is 2. The summed E-state index contributed by atoms with van der Waals surface area (Å²) in [5, 5.41) is 16.5. The van der Waals surface area contributed by atoms with Gasteiger partial charge in [-0.15, -0.1) is 0 Å². The molecule has 2 aliphatic carbocycles. The summed E-state index contributed by atoms with van der Waals surface area (Å²) in [5.74, 6) is 0.890. The molecule has 2 saturated carbocycles. The van der Waals surface area contributed by atoms with E-state index in [1.54, 1.807) is 6.07 Å². The van der Waals surface area contributed by atoms with Crippen LogP contribution in [-0.4, -0.2) is 29.7 Å². The Balaban J connectivity index is 0.000000147. The van der Waals surface area contributed by atoms with E-state index < -0.39 is 7.12 Å². The van der Waals surface area contributed by atoms with Crippen LogP contribution < -0.4 is 0 Å². The Labute approximate surface area is 162 Å². The molecule has 136 valence electrons. The molecular weight excluding hydrogens is 395 g/mol. The molecule has 4 nitrogen and oxygen atoms in total. The molecular formula is C20H22BBrO4. The number of hydrogen-bond acceptors (Lipinski definition) is 4. The molecule has 2 aliphatic rings. The maximum atomic E-state index is 10.6. The van der Waals surface area contributed by atoms with E-state index >= 15 is 0 Å². The van der Waals surface area contributed by atoms with E-state index in [1.807, 2.05) is 36.4 Å². The molecule has 4 rings (SSSR count). The second kappa shape index (κ2) is 10.4. The first kappa shape index (κ1) is 20.6. The Morgan fingerprint density at radius 3 is 1.77 bits per heavy atom. The van der Waals surface area contributed by atoms with Gasteiger partial charge in [0.2, 0.25) is 0 Å². The lowest BCUT2D eigenvalue weighted by Crippen LogP contribution is -2.09. The average Bonchev–Trinajstić information content (AvgIpc) is 3.55. The summed E-state index contributed by atoms with van der Waals surface area (Å²) in [6.07, 6.45) is 6.28. The molecule has 0 amide bonds. The van der Waals surface area contributed by atoms with Gasteiger partial charge in [-0.25, -0.2) is 0 Å². The maximum absolute atomic E-state index is 10.6. The molecule has 0 saturated heterocycles. The van der Waals surface area contributed by atoms with Gasteiger partial charge in [0.1, 0.15) is 6.29 Å². The van der Waals surface area contributed by atoms with Crippen LogP contribution in [0.5, 0.6) is 0 Å². The third-order valence-corrected chi connectivity index (χ3v) is 4.94. The van der Waals surface area contributed by atoms with Gasteiger partial charge in [0.05, 0.1) is 0 Å². The van der Waals surface area contributed by atoms with Crippen molar-refractivity contribution in [3.63, 3.8) is 0 Å². The summed E-state index contributed by atoms with van der Waals surface area (Å²) in [5.41, 5.74) is 2.80. The second-order valence-electron chi connectivity index (χ2n) is 6.41. The average molecular weight is 417 g/mol. The molecule has 0 atom stereocenters. The first-order valence-electron chi connectivity index (χ1n) is 8.66. The first-order valence-corrected chi connectivity index (χ1v) is 9.46. The van der Waals surface area contributed by atoms with Crippen molar-refractivity contribution in [1.29, 1.82) is 0 Å². The van der Waals surface area contributed by atoms with Crippen LogP contribution in [0.15, 0.2) is 53.0 Å². The standard InChI is InChI=1S/C10H10O.C7H5BrO.C3H7BO2/c11-7-9-3-1-2-4-10(9)8-5-6-8;8-7-4-2-1-3-6(7)5-9;5-4(6)3-1-2-3/h1-4,7-8H,5-6H2;1-5H;3,5-6H,1-2H2. The number of hydrogen-bond donors (Lipinski definition) is 2.